The predicted octanol–water partition coefficient (Wildman–Crippen LogP) is 2.17. The third kappa shape index (κ3) is 4.20. The van der Waals surface area contributed by atoms with Crippen molar-refractivity contribution in [3.8, 4) is 0 Å². The fourth-order valence-electron chi connectivity index (χ4n) is 1.87. The molecule has 0 saturated carbocycles. The maximum absolute atomic E-state index is 12.1. The zero-order chi connectivity index (χ0) is 16.1. The summed E-state index contributed by atoms with van der Waals surface area (Å²) >= 11 is 2.98. The number of furan rings is 1. The Bertz CT molecular complexity index is 739. The van der Waals surface area contributed by atoms with Crippen LogP contribution < -0.4 is 5.32 Å². The Morgan fingerprint density at radius 3 is 3.13 bits per heavy atom. The highest BCUT2D eigenvalue weighted by atomic mass is 32.2. The van der Waals surface area contributed by atoms with E-state index in [9.17, 15) is 4.79 Å². The normalized spacial score (nSPS) is 12.2. The molecule has 0 unspecified atom stereocenters. The van der Waals surface area contributed by atoms with Crippen LogP contribution in [0.3, 0.4) is 0 Å². The van der Waals surface area contributed by atoms with Gasteiger partial charge >= 0.3 is 0 Å². The van der Waals surface area contributed by atoms with Gasteiger partial charge in [0, 0.05) is 4.88 Å². The first-order chi connectivity index (χ1) is 11.2. The molecule has 7 nitrogen and oxygen atoms in total. The first kappa shape index (κ1) is 15.8. The van der Waals surface area contributed by atoms with E-state index in [0.717, 1.165) is 10.6 Å². The Morgan fingerprint density at radius 2 is 2.39 bits per heavy atom. The molecule has 3 aromatic rings. The summed E-state index contributed by atoms with van der Waals surface area (Å²) in [6, 6.07) is 7.63. The highest BCUT2D eigenvalue weighted by molar-refractivity contribution is 8.00. The molecule has 0 aliphatic rings. The van der Waals surface area contributed by atoms with E-state index < -0.39 is 0 Å². The van der Waals surface area contributed by atoms with Gasteiger partial charge in [-0.25, -0.2) is 4.68 Å². The molecule has 120 valence electrons. The van der Waals surface area contributed by atoms with Crippen LogP contribution in [0.15, 0.2) is 45.5 Å². The van der Waals surface area contributed by atoms with Crippen molar-refractivity contribution in [2.75, 3.05) is 0 Å². The van der Waals surface area contributed by atoms with Gasteiger partial charge in [0.05, 0.1) is 24.6 Å². The lowest BCUT2D eigenvalue weighted by atomic mass is 10.4. The number of thiophene rings is 1. The Balaban J connectivity index is 1.56. The fourth-order valence-corrected chi connectivity index (χ4v) is 3.37. The maximum atomic E-state index is 12.1. The summed E-state index contributed by atoms with van der Waals surface area (Å²) in [5.74, 6) is 0.634. The van der Waals surface area contributed by atoms with Crippen LogP contribution in [0, 0.1) is 0 Å². The van der Waals surface area contributed by atoms with Crippen LogP contribution in [0.4, 0.5) is 0 Å². The smallest absolute Gasteiger partial charge is 0.233 e. The molecule has 0 aliphatic heterocycles. The summed E-state index contributed by atoms with van der Waals surface area (Å²) in [6.45, 7) is 2.80. The van der Waals surface area contributed by atoms with Gasteiger partial charge in [-0.3, -0.25) is 4.79 Å². The quantitative estimate of drug-likeness (QED) is 0.658. The molecule has 0 aromatic carbocycles. The van der Waals surface area contributed by atoms with Crippen LogP contribution in [0.25, 0.3) is 0 Å². The summed E-state index contributed by atoms with van der Waals surface area (Å²) in [5.41, 5.74) is 0. The second kappa shape index (κ2) is 7.42. The van der Waals surface area contributed by atoms with Crippen LogP contribution in [-0.4, -0.2) is 31.4 Å². The fraction of sp³-hybridized carbons (Fsp3) is 0.286. The highest BCUT2D eigenvalue weighted by Crippen LogP contribution is 2.21. The molecule has 3 heterocycles. The molecule has 23 heavy (non-hydrogen) atoms. The minimum atomic E-state index is -0.307. The molecule has 1 amide bonds. The molecule has 3 aromatic heterocycles. The number of carbonyl (C=O) groups excluding carboxylic acids is 1. The van der Waals surface area contributed by atoms with E-state index in [1.165, 1.54) is 11.8 Å². The van der Waals surface area contributed by atoms with Crippen LogP contribution in [0.2, 0.25) is 0 Å². The average Bonchev–Trinajstić information content (AvgIpc) is 3.28. The van der Waals surface area contributed by atoms with Gasteiger partial charge in [-0.05, 0) is 40.9 Å². The van der Waals surface area contributed by atoms with Crippen LogP contribution in [-0.2, 0) is 17.9 Å². The van der Waals surface area contributed by atoms with Crippen molar-refractivity contribution in [1.29, 1.82) is 0 Å². The lowest BCUT2D eigenvalue weighted by Gasteiger charge is -2.10. The Labute approximate surface area is 141 Å². The van der Waals surface area contributed by atoms with E-state index >= 15 is 0 Å². The third-order valence-electron chi connectivity index (χ3n) is 3.05. The summed E-state index contributed by atoms with van der Waals surface area (Å²) in [5, 5.41) is 16.8. The van der Waals surface area contributed by atoms with E-state index in [2.05, 4.69) is 20.8 Å². The predicted molar refractivity (Wildman–Crippen MR) is 87.1 cm³/mol. The number of nitrogens with zero attached hydrogens (tertiary/aromatic N) is 4. The number of rotatable bonds is 7. The molecule has 0 spiro atoms. The summed E-state index contributed by atoms with van der Waals surface area (Å²) < 4.78 is 6.89. The van der Waals surface area contributed by atoms with Gasteiger partial charge in [0.2, 0.25) is 11.1 Å². The molecule has 0 radical (unpaired) electrons. The second-order valence-electron chi connectivity index (χ2n) is 4.76. The molecular weight excluding hydrogens is 334 g/mol. The number of carbonyl (C=O) groups is 1. The SMILES string of the molecule is C[C@@H](Sc1nnnn1Cc1cccs1)C(=O)NCc1ccco1. The minimum absolute atomic E-state index is 0.0860. The van der Waals surface area contributed by atoms with E-state index in [-0.39, 0.29) is 11.2 Å². The number of amides is 1. The molecule has 0 saturated heterocycles. The first-order valence-corrected chi connectivity index (χ1v) is 8.73. The van der Waals surface area contributed by atoms with Crippen molar-refractivity contribution < 1.29 is 9.21 Å². The minimum Gasteiger partial charge on any atom is -0.467 e. The average molecular weight is 349 g/mol. The molecule has 1 atom stereocenters. The molecular formula is C14H15N5O2S2. The van der Waals surface area contributed by atoms with Gasteiger partial charge in [0.1, 0.15) is 5.76 Å². The highest BCUT2D eigenvalue weighted by Gasteiger charge is 2.18. The molecule has 1 N–H and O–H groups in total. The number of hydrogen-bond donors (Lipinski definition) is 1. The Kier molecular flexibility index (Phi) is 5.09. The van der Waals surface area contributed by atoms with Crippen molar-refractivity contribution in [1.82, 2.24) is 25.5 Å². The first-order valence-electron chi connectivity index (χ1n) is 6.97. The zero-order valence-corrected chi connectivity index (χ0v) is 14.0. The topological polar surface area (TPSA) is 85.8 Å². The third-order valence-corrected chi connectivity index (χ3v) is 4.99. The van der Waals surface area contributed by atoms with Crippen molar-refractivity contribution in [2.24, 2.45) is 0 Å². The van der Waals surface area contributed by atoms with Crippen molar-refractivity contribution in [3.05, 3.63) is 46.5 Å². The molecule has 3 rings (SSSR count). The standard InChI is InChI=1S/C14H15N5O2S2/c1-10(13(20)15-8-11-4-2-6-21-11)23-14-16-17-18-19(14)9-12-5-3-7-22-12/h2-7,10H,8-9H2,1H3,(H,15,20)/t10-/m1/s1. The zero-order valence-electron chi connectivity index (χ0n) is 12.4. The number of hydrogen-bond acceptors (Lipinski definition) is 7. The van der Waals surface area contributed by atoms with E-state index in [1.807, 2.05) is 30.5 Å². The van der Waals surface area contributed by atoms with Gasteiger partial charge in [0.25, 0.3) is 0 Å². The largest absolute Gasteiger partial charge is 0.467 e. The van der Waals surface area contributed by atoms with Crippen molar-refractivity contribution >= 4 is 29.0 Å². The van der Waals surface area contributed by atoms with Crippen LogP contribution >= 0.6 is 23.1 Å². The lowest BCUT2D eigenvalue weighted by molar-refractivity contribution is -0.120. The molecule has 0 fully saturated rings. The number of tetrazole rings is 1. The number of aromatic nitrogens is 4. The van der Waals surface area contributed by atoms with E-state index in [4.69, 9.17) is 4.42 Å². The Morgan fingerprint density at radius 1 is 1.48 bits per heavy atom. The van der Waals surface area contributed by atoms with Gasteiger partial charge in [-0.15, -0.1) is 16.4 Å². The van der Waals surface area contributed by atoms with Crippen LogP contribution in [0.1, 0.15) is 17.6 Å². The van der Waals surface area contributed by atoms with Crippen LogP contribution in [0.5, 0.6) is 0 Å². The van der Waals surface area contributed by atoms with Crippen molar-refractivity contribution in [3.63, 3.8) is 0 Å². The van der Waals surface area contributed by atoms with Gasteiger partial charge in [-0.1, -0.05) is 17.8 Å². The maximum Gasteiger partial charge on any atom is 0.233 e. The van der Waals surface area contributed by atoms with E-state index in [1.54, 1.807) is 28.3 Å². The Hall–Kier alpha value is -2.13. The monoisotopic (exact) mass is 349 g/mol. The summed E-state index contributed by atoms with van der Waals surface area (Å²) in [6.07, 6.45) is 1.58. The molecule has 0 aliphatic carbocycles. The lowest BCUT2D eigenvalue weighted by Crippen LogP contribution is -2.30. The van der Waals surface area contributed by atoms with E-state index in [0.29, 0.717) is 18.2 Å². The van der Waals surface area contributed by atoms with Gasteiger partial charge in [0.15, 0.2) is 0 Å². The number of thioether (sulfide) groups is 1. The summed E-state index contributed by atoms with van der Waals surface area (Å²) in [4.78, 5) is 13.3. The summed E-state index contributed by atoms with van der Waals surface area (Å²) in [7, 11) is 0. The van der Waals surface area contributed by atoms with Gasteiger partial charge in [-0.2, -0.15) is 0 Å². The van der Waals surface area contributed by atoms with Crippen molar-refractivity contribution in [2.45, 2.75) is 30.4 Å². The number of nitrogens with one attached hydrogen (secondary N) is 1. The molecule has 0 bridgehead atoms. The van der Waals surface area contributed by atoms with Gasteiger partial charge < -0.3 is 9.73 Å². The second-order valence-corrected chi connectivity index (χ2v) is 7.10. The molecule has 9 heteroatoms.